The fourth-order valence-electron chi connectivity index (χ4n) is 2.93. The molecule has 1 aliphatic heterocycles. The first-order valence-corrected chi connectivity index (χ1v) is 10.7. The minimum absolute atomic E-state index is 0.0894. The van der Waals surface area contributed by atoms with Gasteiger partial charge in [0.25, 0.3) is 5.56 Å². The average molecular weight is 453 g/mol. The van der Waals surface area contributed by atoms with E-state index < -0.39 is 32.4 Å². The van der Waals surface area contributed by atoms with Crippen LogP contribution in [0.1, 0.15) is 11.3 Å². The van der Waals surface area contributed by atoms with Gasteiger partial charge in [0.05, 0.1) is 12.2 Å². The standard InChI is InChI=1S/C19H14F3N3O5S/c1-31(27,28)18-23-13(7-16(24-18)19(20,21)22)12-3-5-17(26)25(9-12)8-11-2-4-14-15(6-11)30-10-29-14/h2-7,9H,8,10H2,1H3. The lowest BCUT2D eigenvalue weighted by atomic mass is 10.1. The van der Waals surface area contributed by atoms with Crippen molar-refractivity contribution < 1.29 is 31.1 Å². The van der Waals surface area contributed by atoms with Crippen LogP contribution in [0.25, 0.3) is 11.3 Å². The number of halogens is 3. The summed E-state index contributed by atoms with van der Waals surface area (Å²) in [7, 11) is -4.11. The summed E-state index contributed by atoms with van der Waals surface area (Å²) in [4.78, 5) is 19.2. The predicted molar refractivity (Wildman–Crippen MR) is 102 cm³/mol. The Morgan fingerprint density at radius 1 is 1.06 bits per heavy atom. The van der Waals surface area contributed by atoms with Crippen molar-refractivity contribution in [3.8, 4) is 22.8 Å². The minimum atomic E-state index is -4.88. The lowest BCUT2D eigenvalue weighted by molar-refractivity contribution is -0.141. The number of hydrogen-bond donors (Lipinski definition) is 0. The smallest absolute Gasteiger partial charge is 0.433 e. The maximum atomic E-state index is 13.2. The zero-order valence-corrected chi connectivity index (χ0v) is 16.7. The van der Waals surface area contributed by atoms with E-state index >= 15 is 0 Å². The van der Waals surface area contributed by atoms with Gasteiger partial charge in [0, 0.05) is 24.1 Å². The normalized spacial score (nSPS) is 13.4. The highest BCUT2D eigenvalue weighted by atomic mass is 32.2. The molecule has 8 nitrogen and oxygen atoms in total. The molecule has 0 saturated heterocycles. The Balaban J connectivity index is 1.77. The van der Waals surface area contributed by atoms with Gasteiger partial charge in [0.15, 0.2) is 11.5 Å². The van der Waals surface area contributed by atoms with Gasteiger partial charge in [0.1, 0.15) is 5.69 Å². The highest BCUT2D eigenvalue weighted by Gasteiger charge is 2.35. The Hall–Kier alpha value is -3.41. The van der Waals surface area contributed by atoms with Crippen LogP contribution >= 0.6 is 0 Å². The Morgan fingerprint density at radius 3 is 2.52 bits per heavy atom. The number of rotatable bonds is 4. The lowest BCUT2D eigenvalue weighted by Gasteiger charge is -2.12. The van der Waals surface area contributed by atoms with Gasteiger partial charge in [-0.2, -0.15) is 13.2 Å². The number of ether oxygens (including phenoxy) is 2. The van der Waals surface area contributed by atoms with E-state index in [0.29, 0.717) is 29.4 Å². The van der Waals surface area contributed by atoms with Crippen LogP contribution in [-0.2, 0) is 22.6 Å². The molecule has 1 aliphatic rings. The van der Waals surface area contributed by atoms with Gasteiger partial charge in [-0.3, -0.25) is 4.79 Å². The molecule has 4 rings (SSSR count). The first-order chi connectivity index (χ1) is 14.5. The van der Waals surface area contributed by atoms with Crippen LogP contribution in [-0.4, -0.2) is 36.0 Å². The third-order valence-electron chi connectivity index (χ3n) is 4.40. The fourth-order valence-corrected chi connectivity index (χ4v) is 3.45. The number of fused-ring (bicyclic) bond motifs is 1. The Bertz CT molecular complexity index is 1340. The van der Waals surface area contributed by atoms with Crippen LogP contribution in [0.3, 0.4) is 0 Å². The maximum absolute atomic E-state index is 13.2. The summed E-state index contributed by atoms with van der Waals surface area (Å²) in [6.07, 6.45) is -2.85. The zero-order chi connectivity index (χ0) is 22.4. The first-order valence-electron chi connectivity index (χ1n) is 8.76. The van der Waals surface area contributed by atoms with E-state index in [1.807, 2.05) is 0 Å². The molecule has 0 saturated carbocycles. The molecule has 31 heavy (non-hydrogen) atoms. The van der Waals surface area contributed by atoms with Gasteiger partial charge in [-0.15, -0.1) is 0 Å². The number of hydrogen-bond acceptors (Lipinski definition) is 7. The summed E-state index contributed by atoms with van der Waals surface area (Å²) in [6.45, 7) is 0.186. The molecule has 12 heteroatoms. The van der Waals surface area contributed by atoms with Gasteiger partial charge in [0.2, 0.25) is 21.8 Å². The maximum Gasteiger partial charge on any atom is 0.433 e. The summed E-state index contributed by atoms with van der Waals surface area (Å²) in [5.41, 5.74) is -1.26. The monoisotopic (exact) mass is 453 g/mol. The van der Waals surface area contributed by atoms with Crippen LogP contribution in [0.15, 0.2) is 52.5 Å². The zero-order valence-electron chi connectivity index (χ0n) is 15.9. The van der Waals surface area contributed by atoms with Crippen molar-refractivity contribution in [2.45, 2.75) is 17.9 Å². The molecular formula is C19H14F3N3O5S. The molecule has 1 aromatic carbocycles. The highest BCUT2D eigenvalue weighted by Crippen LogP contribution is 2.33. The van der Waals surface area contributed by atoms with Gasteiger partial charge in [-0.25, -0.2) is 18.4 Å². The van der Waals surface area contributed by atoms with E-state index in [2.05, 4.69) is 9.97 Å². The predicted octanol–water partition coefficient (Wildman–Crippen LogP) is 2.50. The van der Waals surface area contributed by atoms with E-state index in [4.69, 9.17) is 9.47 Å². The van der Waals surface area contributed by atoms with E-state index in [9.17, 15) is 26.4 Å². The van der Waals surface area contributed by atoms with Crippen molar-refractivity contribution in [1.82, 2.24) is 14.5 Å². The molecule has 0 fully saturated rings. The molecule has 162 valence electrons. The molecule has 0 atom stereocenters. The molecule has 0 unspecified atom stereocenters. The molecule has 3 heterocycles. The fraction of sp³-hybridized carbons (Fsp3) is 0.211. The van der Waals surface area contributed by atoms with Gasteiger partial charge < -0.3 is 14.0 Å². The molecule has 0 bridgehead atoms. The van der Waals surface area contributed by atoms with Crippen molar-refractivity contribution in [2.75, 3.05) is 13.0 Å². The summed E-state index contributed by atoms with van der Waals surface area (Å²) < 4.78 is 75.1. The Labute approximate surface area is 173 Å². The molecular weight excluding hydrogens is 439 g/mol. The average Bonchev–Trinajstić information content (AvgIpc) is 3.16. The number of benzene rings is 1. The number of alkyl halides is 3. The quantitative estimate of drug-likeness (QED) is 0.560. The summed E-state index contributed by atoms with van der Waals surface area (Å²) in [5.74, 6) is 1.09. The molecule has 0 N–H and O–H groups in total. The van der Waals surface area contributed by atoms with Crippen LogP contribution in [0.4, 0.5) is 13.2 Å². The second-order valence-electron chi connectivity index (χ2n) is 6.76. The third kappa shape index (κ3) is 4.38. The van der Waals surface area contributed by atoms with E-state index in [1.54, 1.807) is 18.2 Å². The summed E-state index contributed by atoms with van der Waals surface area (Å²) in [6, 6.07) is 8.17. The molecule has 0 radical (unpaired) electrons. The van der Waals surface area contributed by atoms with Crippen LogP contribution in [0.5, 0.6) is 11.5 Å². The summed E-state index contributed by atoms with van der Waals surface area (Å²) in [5, 5.41) is -0.953. The van der Waals surface area contributed by atoms with Crippen molar-refractivity contribution in [2.24, 2.45) is 0 Å². The van der Waals surface area contributed by atoms with Gasteiger partial charge in [-0.1, -0.05) is 6.07 Å². The van der Waals surface area contributed by atoms with Crippen LogP contribution in [0, 0.1) is 0 Å². The second-order valence-corrected chi connectivity index (χ2v) is 8.67. The first kappa shape index (κ1) is 20.8. The van der Waals surface area contributed by atoms with Crippen molar-refractivity contribution in [3.05, 3.63) is 64.2 Å². The van der Waals surface area contributed by atoms with Gasteiger partial charge in [-0.05, 0) is 29.8 Å². The summed E-state index contributed by atoms with van der Waals surface area (Å²) >= 11 is 0. The molecule has 3 aromatic rings. The van der Waals surface area contributed by atoms with Crippen LogP contribution in [0.2, 0.25) is 0 Å². The molecule has 2 aromatic heterocycles. The van der Waals surface area contributed by atoms with E-state index in [0.717, 1.165) is 6.07 Å². The topological polar surface area (TPSA) is 100 Å². The molecule has 0 spiro atoms. The highest BCUT2D eigenvalue weighted by molar-refractivity contribution is 7.90. The number of sulfone groups is 1. The van der Waals surface area contributed by atoms with E-state index in [-0.39, 0.29) is 24.6 Å². The minimum Gasteiger partial charge on any atom is -0.454 e. The molecule has 0 amide bonds. The second kappa shape index (κ2) is 7.38. The van der Waals surface area contributed by atoms with E-state index in [1.165, 1.54) is 16.8 Å². The Kier molecular flexibility index (Phi) is 4.96. The van der Waals surface area contributed by atoms with Crippen LogP contribution < -0.4 is 15.0 Å². The van der Waals surface area contributed by atoms with Gasteiger partial charge >= 0.3 is 6.18 Å². The third-order valence-corrected chi connectivity index (χ3v) is 5.24. The van der Waals surface area contributed by atoms with Crippen molar-refractivity contribution in [3.63, 3.8) is 0 Å². The largest absolute Gasteiger partial charge is 0.454 e. The van der Waals surface area contributed by atoms with Crippen molar-refractivity contribution >= 4 is 9.84 Å². The lowest BCUT2D eigenvalue weighted by Crippen LogP contribution is -2.19. The number of nitrogens with zero attached hydrogens (tertiary/aromatic N) is 3. The Morgan fingerprint density at radius 2 is 1.81 bits per heavy atom. The number of pyridine rings is 1. The van der Waals surface area contributed by atoms with Crippen molar-refractivity contribution in [1.29, 1.82) is 0 Å². The SMILES string of the molecule is CS(=O)(=O)c1nc(-c2ccc(=O)n(Cc3ccc4c(c3)OCO4)c2)cc(C(F)(F)F)n1. The molecule has 0 aliphatic carbocycles. The number of aromatic nitrogens is 3.